The van der Waals surface area contributed by atoms with Gasteiger partial charge in [0.2, 0.25) is 17.7 Å². The standard InChI is InChI=1S/C16H14ClN5O3/c17-12-8-13(20-16(18)19-12)24-10-5-3-9(4-6-10)14-21-15(25-22-14)11-2-1-7-23-11/h3-6,8,11H,1-2,7H2,(H2,18,19,20). The molecule has 8 nitrogen and oxygen atoms in total. The summed E-state index contributed by atoms with van der Waals surface area (Å²) >= 11 is 5.83. The summed E-state index contributed by atoms with van der Waals surface area (Å²) in [5.74, 6) is 1.91. The van der Waals surface area contributed by atoms with E-state index >= 15 is 0 Å². The molecule has 2 N–H and O–H groups in total. The lowest BCUT2D eigenvalue weighted by molar-refractivity contribution is 0.0835. The van der Waals surface area contributed by atoms with Crippen LogP contribution in [0.2, 0.25) is 5.15 Å². The zero-order valence-corrected chi connectivity index (χ0v) is 13.8. The lowest BCUT2D eigenvalue weighted by Gasteiger charge is -2.05. The Morgan fingerprint density at radius 3 is 2.72 bits per heavy atom. The van der Waals surface area contributed by atoms with Gasteiger partial charge in [0.05, 0.1) is 0 Å². The monoisotopic (exact) mass is 359 g/mol. The van der Waals surface area contributed by atoms with Gasteiger partial charge in [0.15, 0.2) is 0 Å². The minimum atomic E-state index is -0.100. The van der Waals surface area contributed by atoms with Crippen molar-refractivity contribution in [1.82, 2.24) is 20.1 Å². The van der Waals surface area contributed by atoms with Crippen LogP contribution in [0.5, 0.6) is 11.6 Å². The maximum atomic E-state index is 5.83. The SMILES string of the molecule is Nc1nc(Cl)cc(Oc2ccc(-c3noc(C4CCCO4)n3)cc2)n1. The number of nitrogens with two attached hydrogens (primary N) is 1. The molecule has 128 valence electrons. The van der Waals surface area contributed by atoms with E-state index < -0.39 is 0 Å². The average molecular weight is 360 g/mol. The molecular formula is C16H14ClN5O3. The number of ether oxygens (including phenoxy) is 2. The molecule has 0 radical (unpaired) electrons. The summed E-state index contributed by atoms with van der Waals surface area (Å²) in [6.45, 7) is 0.728. The number of rotatable bonds is 4. The molecule has 0 aliphatic carbocycles. The molecule has 9 heteroatoms. The molecule has 3 heterocycles. The number of aromatic nitrogens is 4. The maximum absolute atomic E-state index is 5.83. The molecule has 1 atom stereocenters. The molecule has 0 spiro atoms. The molecule has 1 unspecified atom stereocenters. The first kappa shape index (κ1) is 15.8. The van der Waals surface area contributed by atoms with E-state index in [1.165, 1.54) is 6.07 Å². The highest BCUT2D eigenvalue weighted by Gasteiger charge is 2.24. The topological polar surface area (TPSA) is 109 Å². The van der Waals surface area contributed by atoms with E-state index in [-0.39, 0.29) is 23.1 Å². The number of nitrogen functional groups attached to an aromatic ring is 1. The molecule has 1 aliphatic rings. The summed E-state index contributed by atoms with van der Waals surface area (Å²) < 4.78 is 16.5. The largest absolute Gasteiger partial charge is 0.439 e. The molecule has 1 saturated heterocycles. The second-order valence-corrected chi connectivity index (χ2v) is 5.86. The van der Waals surface area contributed by atoms with Crippen molar-refractivity contribution in [2.75, 3.05) is 12.3 Å². The Balaban J connectivity index is 1.50. The van der Waals surface area contributed by atoms with Crippen molar-refractivity contribution in [3.05, 3.63) is 41.4 Å². The van der Waals surface area contributed by atoms with Crippen molar-refractivity contribution in [1.29, 1.82) is 0 Å². The molecule has 2 aromatic heterocycles. The van der Waals surface area contributed by atoms with Crippen LogP contribution in [0, 0.1) is 0 Å². The van der Waals surface area contributed by atoms with Gasteiger partial charge in [0, 0.05) is 18.2 Å². The van der Waals surface area contributed by atoms with Crippen LogP contribution in [-0.2, 0) is 4.74 Å². The lowest BCUT2D eigenvalue weighted by atomic mass is 10.2. The van der Waals surface area contributed by atoms with Crippen molar-refractivity contribution in [2.45, 2.75) is 18.9 Å². The Kier molecular flexibility index (Phi) is 4.21. The summed E-state index contributed by atoms with van der Waals surface area (Å²) in [6, 6.07) is 8.67. The highest BCUT2D eigenvalue weighted by Crippen LogP contribution is 2.29. The molecule has 1 aliphatic heterocycles. The first-order valence-corrected chi connectivity index (χ1v) is 8.09. The van der Waals surface area contributed by atoms with Gasteiger partial charge in [-0.15, -0.1) is 0 Å². The van der Waals surface area contributed by atoms with Crippen LogP contribution < -0.4 is 10.5 Å². The van der Waals surface area contributed by atoms with E-state index in [9.17, 15) is 0 Å². The van der Waals surface area contributed by atoms with Gasteiger partial charge in [-0.25, -0.2) is 4.98 Å². The Bertz CT molecular complexity index is 857. The maximum Gasteiger partial charge on any atom is 0.256 e. The second-order valence-electron chi connectivity index (χ2n) is 5.47. The highest BCUT2D eigenvalue weighted by atomic mass is 35.5. The van der Waals surface area contributed by atoms with Crippen LogP contribution in [0.4, 0.5) is 5.95 Å². The van der Waals surface area contributed by atoms with Gasteiger partial charge in [-0.2, -0.15) is 9.97 Å². The third-order valence-electron chi connectivity index (χ3n) is 3.67. The first-order valence-electron chi connectivity index (χ1n) is 7.71. The van der Waals surface area contributed by atoms with Crippen LogP contribution in [0.1, 0.15) is 24.8 Å². The minimum Gasteiger partial charge on any atom is -0.439 e. The molecule has 1 fully saturated rings. The minimum absolute atomic E-state index is 0.0487. The van der Waals surface area contributed by atoms with Gasteiger partial charge in [0.1, 0.15) is 17.0 Å². The second kappa shape index (κ2) is 6.66. The summed E-state index contributed by atoms with van der Waals surface area (Å²) in [5, 5.41) is 4.22. The molecule has 0 amide bonds. The van der Waals surface area contributed by atoms with E-state index in [1.807, 2.05) is 12.1 Å². The zero-order chi connectivity index (χ0) is 17.2. The van der Waals surface area contributed by atoms with E-state index in [0.717, 1.165) is 25.0 Å². The smallest absolute Gasteiger partial charge is 0.256 e. The molecule has 0 saturated carbocycles. The molecule has 0 bridgehead atoms. The van der Waals surface area contributed by atoms with E-state index in [1.54, 1.807) is 12.1 Å². The van der Waals surface area contributed by atoms with Crippen LogP contribution >= 0.6 is 11.6 Å². The molecule has 1 aromatic carbocycles. The zero-order valence-electron chi connectivity index (χ0n) is 13.1. The third kappa shape index (κ3) is 3.54. The van der Waals surface area contributed by atoms with E-state index in [4.69, 9.17) is 31.3 Å². The van der Waals surface area contributed by atoms with Crippen LogP contribution in [-0.4, -0.2) is 26.7 Å². The first-order chi connectivity index (χ1) is 12.2. The fourth-order valence-electron chi connectivity index (χ4n) is 2.51. The average Bonchev–Trinajstić information content (AvgIpc) is 3.26. The Labute approximate surface area is 147 Å². The van der Waals surface area contributed by atoms with Crippen molar-refractivity contribution < 1.29 is 14.0 Å². The summed E-state index contributed by atoms with van der Waals surface area (Å²) in [6.07, 6.45) is 1.81. The van der Waals surface area contributed by atoms with Gasteiger partial charge in [0.25, 0.3) is 5.89 Å². The number of anilines is 1. The van der Waals surface area contributed by atoms with Crippen LogP contribution in [0.15, 0.2) is 34.9 Å². The Morgan fingerprint density at radius 2 is 2.00 bits per heavy atom. The van der Waals surface area contributed by atoms with Gasteiger partial charge >= 0.3 is 0 Å². The van der Waals surface area contributed by atoms with Gasteiger partial charge in [-0.05, 0) is 37.1 Å². The normalized spacial score (nSPS) is 16.9. The molecule has 3 aromatic rings. The fourth-order valence-corrected chi connectivity index (χ4v) is 2.69. The van der Waals surface area contributed by atoms with Crippen molar-refractivity contribution in [2.24, 2.45) is 0 Å². The fraction of sp³-hybridized carbons (Fsp3) is 0.250. The Morgan fingerprint density at radius 1 is 1.16 bits per heavy atom. The number of hydrogen-bond acceptors (Lipinski definition) is 8. The van der Waals surface area contributed by atoms with Crippen molar-refractivity contribution in [3.63, 3.8) is 0 Å². The molecule has 25 heavy (non-hydrogen) atoms. The molecule has 4 rings (SSSR count). The summed E-state index contributed by atoms with van der Waals surface area (Å²) in [7, 11) is 0. The predicted octanol–water partition coefficient (Wildman–Crippen LogP) is 3.41. The van der Waals surface area contributed by atoms with Gasteiger partial charge in [-0.3, -0.25) is 0 Å². The Hall–Kier alpha value is -2.71. The van der Waals surface area contributed by atoms with Gasteiger partial charge in [-0.1, -0.05) is 16.8 Å². The molecular weight excluding hydrogens is 346 g/mol. The van der Waals surface area contributed by atoms with Crippen LogP contribution in [0.3, 0.4) is 0 Å². The number of hydrogen-bond donors (Lipinski definition) is 1. The van der Waals surface area contributed by atoms with Crippen molar-refractivity contribution >= 4 is 17.5 Å². The predicted molar refractivity (Wildman–Crippen MR) is 89.2 cm³/mol. The highest BCUT2D eigenvalue weighted by molar-refractivity contribution is 6.29. The van der Waals surface area contributed by atoms with E-state index in [0.29, 0.717) is 17.5 Å². The number of nitrogens with zero attached hydrogens (tertiary/aromatic N) is 4. The third-order valence-corrected chi connectivity index (χ3v) is 3.86. The lowest BCUT2D eigenvalue weighted by Crippen LogP contribution is -1.97. The van der Waals surface area contributed by atoms with Gasteiger partial charge < -0.3 is 19.7 Å². The summed E-state index contributed by atoms with van der Waals surface area (Å²) in [4.78, 5) is 12.1. The number of halogens is 1. The quantitative estimate of drug-likeness (QED) is 0.706. The van der Waals surface area contributed by atoms with Crippen LogP contribution in [0.25, 0.3) is 11.4 Å². The van der Waals surface area contributed by atoms with Crippen molar-refractivity contribution in [3.8, 4) is 23.0 Å². The number of benzene rings is 1. The van der Waals surface area contributed by atoms with E-state index in [2.05, 4.69) is 20.1 Å². The summed E-state index contributed by atoms with van der Waals surface area (Å²) in [5.41, 5.74) is 6.35.